The molecule has 1 atom stereocenters. The van der Waals surface area contributed by atoms with Crippen molar-refractivity contribution in [2.45, 2.75) is 12.8 Å². The molecule has 2 aromatic carbocycles. The lowest BCUT2D eigenvalue weighted by Crippen LogP contribution is -2.27. The van der Waals surface area contributed by atoms with Crippen molar-refractivity contribution in [3.8, 4) is 0 Å². The monoisotopic (exact) mass is 291 g/mol. The maximum Gasteiger partial charge on any atom is 0.251 e. The summed E-state index contributed by atoms with van der Waals surface area (Å²) >= 11 is 5.77. The third kappa shape index (κ3) is 3.81. The number of amides is 1. The van der Waals surface area contributed by atoms with Gasteiger partial charge in [-0.15, -0.1) is 0 Å². The fraction of sp³-hybridized carbons (Fsp3) is 0.188. The van der Waals surface area contributed by atoms with Crippen LogP contribution in [0.2, 0.25) is 5.02 Å². The molecule has 0 fully saturated rings. The van der Waals surface area contributed by atoms with Crippen molar-refractivity contribution in [2.75, 3.05) is 6.54 Å². The van der Waals surface area contributed by atoms with Gasteiger partial charge in [0.25, 0.3) is 5.91 Å². The molecule has 0 heterocycles. The summed E-state index contributed by atoms with van der Waals surface area (Å²) in [6.45, 7) is 2.47. The Hall–Kier alpha value is -1.87. The molecule has 0 bridgehead atoms. The number of carbonyl (C=O) groups excluding carboxylic acids is 1. The molecule has 4 heteroatoms. The Morgan fingerprint density at radius 3 is 2.35 bits per heavy atom. The molecule has 104 valence electrons. The number of hydrogen-bond acceptors (Lipinski definition) is 1. The number of rotatable bonds is 4. The molecule has 1 N–H and O–H groups in total. The van der Waals surface area contributed by atoms with E-state index in [4.69, 9.17) is 11.6 Å². The van der Waals surface area contributed by atoms with E-state index in [9.17, 15) is 9.18 Å². The Morgan fingerprint density at radius 2 is 1.75 bits per heavy atom. The van der Waals surface area contributed by atoms with Crippen LogP contribution in [0.15, 0.2) is 48.5 Å². The molecular weight excluding hydrogens is 277 g/mol. The molecule has 0 aliphatic heterocycles. The van der Waals surface area contributed by atoms with Crippen molar-refractivity contribution < 1.29 is 9.18 Å². The van der Waals surface area contributed by atoms with Crippen LogP contribution in [0, 0.1) is 5.82 Å². The number of halogens is 2. The van der Waals surface area contributed by atoms with Gasteiger partial charge in [0.2, 0.25) is 0 Å². The van der Waals surface area contributed by atoms with E-state index in [-0.39, 0.29) is 17.6 Å². The molecule has 1 unspecified atom stereocenters. The fourth-order valence-corrected chi connectivity index (χ4v) is 1.98. The summed E-state index contributed by atoms with van der Waals surface area (Å²) in [5.41, 5.74) is 1.56. The van der Waals surface area contributed by atoms with Gasteiger partial charge in [-0.25, -0.2) is 4.39 Å². The molecule has 0 aliphatic carbocycles. The summed E-state index contributed by atoms with van der Waals surface area (Å²) in [6, 6.07) is 13.0. The highest BCUT2D eigenvalue weighted by Gasteiger charge is 2.09. The van der Waals surface area contributed by atoms with Crippen LogP contribution in [0.5, 0.6) is 0 Å². The maximum absolute atomic E-state index is 12.8. The minimum atomic E-state index is -0.258. The summed E-state index contributed by atoms with van der Waals surface area (Å²) in [5, 5.41) is 3.45. The van der Waals surface area contributed by atoms with Gasteiger partial charge in [0, 0.05) is 17.1 Å². The molecule has 0 spiro atoms. The van der Waals surface area contributed by atoms with Crippen molar-refractivity contribution in [3.05, 3.63) is 70.5 Å². The number of nitrogens with one attached hydrogen (secondary N) is 1. The molecule has 0 saturated carbocycles. The van der Waals surface area contributed by atoms with E-state index in [2.05, 4.69) is 5.32 Å². The Bertz CT molecular complexity index is 580. The van der Waals surface area contributed by atoms with Crippen LogP contribution >= 0.6 is 11.6 Å². The first-order valence-corrected chi connectivity index (χ1v) is 6.73. The van der Waals surface area contributed by atoms with Gasteiger partial charge in [-0.2, -0.15) is 0 Å². The summed E-state index contributed by atoms with van der Waals surface area (Å²) in [7, 11) is 0. The van der Waals surface area contributed by atoms with Crippen LogP contribution in [0.4, 0.5) is 4.39 Å². The largest absolute Gasteiger partial charge is 0.351 e. The molecule has 1 amide bonds. The zero-order chi connectivity index (χ0) is 14.5. The fourth-order valence-electron chi connectivity index (χ4n) is 1.86. The molecule has 0 aromatic heterocycles. The third-order valence-corrected chi connectivity index (χ3v) is 3.37. The zero-order valence-corrected chi connectivity index (χ0v) is 11.8. The predicted octanol–water partition coefficient (Wildman–Crippen LogP) is 4.01. The third-order valence-electron chi connectivity index (χ3n) is 3.11. The average molecular weight is 292 g/mol. The van der Waals surface area contributed by atoms with Crippen molar-refractivity contribution >= 4 is 17.5 Å². The SMILES string of the molecule is CC(CNC(=O)c1ccc(Cl)cc1)c1ccc(F)cc1. The molecule has 0 radical (unpaired) electrons. The first kappa shape index (κ1) is 14.5. The second-order valence-electron chi connectivity index (χ2n) is 4.67. The van der Waals surface area contributed by atoms with Gasteiger partial charge in [0.05, 0.1) is 0 Å². The number of carbonyl (C=O) groups is 1. The highest BCUT2D eigenvalue weighted by atomic mass is 35.5. The minimum Gasteiger partial charge on any atom is -0.351 e. The highest BCUT2D eigenvalue weighted by Crippen LogP contribution is 2.15. The maximum atomic E-state index is 12.8. The summed E-state index contributed by atoms with van der Waals surface area (Å²) in [6.07, 6.45) is 0. The quantitative estimate of drug-likeness (QED) is 0.906. The van der Waals surface area contributed by atoms with Crippen LogP contribution in [0.25, 0.3) is 0 Å². The summed E-state index contributed by atoms with van der Waals surface area (Å²) in [5.74, 6) is -0.284. The second-order valence-corrected chi connectivity index (χ2v) is 5.11. The summed E-state index contributed by atoms with van der Waals surface area (Å²) < 4.78 is 12.8. The predicted molar refractivity (Wildman–Crippen MR) is 78.6 cm³/mol. The van der Waals surface area contributed by atoms with Crippen LogP contribution in [0.1, 0.15) is 28.8 Å². The van der Waals surface area contributed by atoms with E-state index in [0.29, 0.717) is 17.1 Å². The van der Waals surface area contributed by atoms with E-state index in [1.54, 1.807) is 36.4 Å². The zero-order valence-electron chi connectivity index (χ0n) is 11.1. The first-order valence-electron chi connectivity index (χ1n) is 6.35. The van der Waals surface area contributed by atoms with Crippen molar-refractivity contribution in [3.63, 3.8) is 0 Å². The Balaban J connectivity index is 1.92. The number of benzene rings is 2. The molecule has 2 rings (SSSR count). The van der Waals surface area contributed by atoms with Crippen LogP contribution in [-0.2, 0) is 0 Å². The van der Waals surface area contributed by atoms with Gasteiger partial charge in [-0.1, -0.05) is 30.7 Å². The van der Waals surface area contributed by atoms with Crippen molar-refractivity contribution in [1.82, 2.24) is 5.32 Å². The smallest absolute Gasteiger partial charge is 0.251 e. The Labute approximate surface area is 122 Å². The van der Waals surface area contributed by atoms with E-state index >= 15 is 0 Å². The van der Waals surface area contributed by atoms with Crippen molar-refractivity contribution in [1.29, 1.82) is 0 Å². The van der Waals surface area contributed by atoms with E-state index in [1.165, 1.54) is 12.1 Å². The van der Waals surface area contributed by atoms with Gasteiger partial charge in [-0.3, -0.25) is 4.79 Å². The van der Waals surface area contributed by atoms with Crippen LogP contribution < -0.4 is 5.32 Å². The highest BCUT2D eigenvalue weighted by molar-refractivity contribution is 6.30. The van der Waals surface area contributed by atoms with Gasteiger partial charge >= 0.3 is 0 Å². The standard InChI is InChI=1S/C16H15ClFNO/c1-11(12-4-8-15(18)9-5-12)10-19-16(20)13-2-6-14(17)7-3-13/h2-9,11H,10H2,1H3,(H,19,20). The summed E-state index contributed by atoms with van der Waals surface area (Å²) in [4.78, 5) is 11.9. The first-order chi connectivity index (χ1) is 9.56. The normalized spacial score (nSPS) is 11.9. The molecule has 0 saturated heterocycles. The van der Waals surface area contributed by atoms with Crippen LogP contribution in [0.3, 0.4) is 0 Å². The average Bonchev–Trinajstić information content (AvgIpc) is 2.46. The lowest BCUT2D eigenvalue weighted by molar-refractivity contribution is 0.0951. The van der Waals surface area contributed by atoms with Gasteiger partial charge in [-0.05, 0) is 47.9 Å². The molecule has 0 aliphatic rings. The Morgan fingerprint density at radius 1 is 1.15 bits per heavy atom. The topological polar surface area (TPSA) is 29.1 Å². The van der Waals surface area contributed by atoms with Crippen molar-refractivity contribution in [2.24, 2.45) is 0 Å². The molecule has 2 aromatic rings. The van der Waals surface area contributed by atoms with E-state index < -0.39 is 0 Å². The second kappa shape index (κ2) is 6.53. The minimum absolute atomic E-state index is 0.117. The van der Waals surface area contributed by atoms with Crippen LogP contribution in [-0.4, -0.2) is 12.5 Å². The molecular formula is C16H15ClFNO. The lowest BCUT2D eigenvalue weighted by atomic mass is 10.0. The molecule has 2 nitrogen and oxygen atoms in total. The van der Waals surface area contributed by atoms with Gasteiger partial charge in [0.1, 0.15) is 5.82 Å². The van der Waals surface area contributed by atoms with E-state index in [1.807, 2.05) is 6.92 Å². The van der Waals surface area contributed by atoms with Gasteiger partial charge in [0.15, 0.2) is 0 Å². The Kier molecular flexibility index (Phi) is 4.74. The lowest BCUT2D eigenvalue weighted by Gasteiger charge is -2.13. The molecule has 20 heavy (non-hydrogen) atoms. The number of hydrogen-bond donors (Lipinski definition) is 1. The van der Waals surface area contributed by atoms with Gasteiger partial charge < -0.3 is 5.32 Å². The van der Waals surface area contributed by atoms with E-state index in [0.717, 1.165) is 5.56 Å².